The topological polar surface area (TPSA) is 29.1 Å². The second-order valence-electron chi connectivity index (χ2n) is 5.98. The Morgan fingerprint density at radius 1 is 1.09 bits per heavy atom. The fourth-order valence-corrected chi connectivity index (χ4v) is 2.67. The van der Waals surface area contributed by atoms with Crippen LogP contribution in [-0.4, -0.2) is 5.91 Å². The average molecular weight is 319 g/mol. The molecule has 0 saturated heterocycles. The van der Waals surface area contributed by atoms with Crippen molar-refractivity contribution in [2.24, 2.45) is 0 Å². The summed E-state index contributed by atoms with van der Waals surface area (Å²) in [7, 11) is 0. The fourth-order valence-electron chi connectivity index (χ4n) is 2.67. The summed E-state index contributed by atoms with van der Waals surface area (Å²) in [5.41, 5.74) is 0.802. The Kier molecular flexibility index (Phi) is 3.66. The summed E-state index contributed by atoms with van der Waals surface area (Å²) in [5, 5.41) is 2.63. The Hall–Kier alpha value is -2.30. The molecule has 0 radical (unpaired) electrons. The molecule has 2 aromatic rings. The number of amides is 1. The molecule has 1 N–H and O–H groups in total. The lowest BCUT2D eigenvalue weighted by atomic mass is 9.94. The van der Waals surface area contributed by atoms with Gasteiger partial charge in [-0.15, -0.1) is 0 Å². The second kappa shape index (κ2) is 5.41. The first-order valence-corrected chi connectivity index (χ1v) is 7.37. The van der Waals surface area contributed by atoms with Gasteiger partial charge in [-0.1, -0.05) is 35.9 Å². The van der Waals surface area contributed by atoms with E-state index in [0.29, 0.717) is 12.8 Å². The fraction of sp³-hybridized carbons (Fsp3) is 0.278. The molecule has 1 amide bonds. The molecule has 1 aliphatic carbocycles. The van der Waals surface area contributed by atoms with Crippen LogP contribution in [0.4, 0.5) is 18.9 Å². The monoisotopic (exact) mass is 319 g/mol. The van der Waals surface area contributed by atoms with Crippen molar-refractivity contribution >= 4 is 11.6 Å². The van der Waals surface area contributed by atoms with Crippen molar-refractivity contribution in [1.82, 2.24) is 0 Å². The maximum absolute atomic E-state index is 12.7. The highest BCUT2D eigenvalue weighted by molar-refractivity contribution is 6.01. The molecule has 3 rings (SSSR count). The van der Waals surface area contributed by atoms with Crippen LogP contribution in [0.2, 0.25) is 0 Å². The van der Waals surface area contributed by atoms with E-state index in [1.165, 1.54) is 12.1 Å². The Balaban J connectivity index is 1.81. The molecule has 0 atom stereocenters. The van der Waals surface area contributed by atoms with Crippen molar-refractivity contribution in [3.8, 4) is 0 Å². The number of carbonyl (C=O) groups is 1. The lowest BCUT2D eigenvalue weighted by Crippen LogP contribution is -2.27. The van der Waals surface area contributed by atoms with Gasteiger partial charge in [-0.2, -0.15) is 13.2 Å². The molecule has 2 aromatic carbocycles. The maximum atomic E-state index is 12.7. The minimum Gasteiger partial charge on any atom is -0.325 e. The van der Waals surface area contributed by atoms with Crippen LogP contribution in [0.25, 0.3) is 0 Å². The number of anilines is 1. The van der Waals surface area contributed by atoms with Crippen LogP contribution in [0.15, 0.2) is 48.5 Å². The molecule has 120 valence electrons. The predicted molar refractivity (Wildman–Crippen MR) is 82.2 cm³/mol. The molecule has 0 aromatic heterocycles. The van der Waals surface area contributed by atoms with E-state index in [2.05, 4.69) is 5.32 Å². The summed E-state index contributed by atoms with van der Waals surface area (Å²) in [6.07, 6.45) is -3.00. The third kappa shape index (κ3) is 3.09. The number of nitrogens with one attached hydrogen (secondary N) is 1. The first-order chi connectivity index (χ1) is 10.8. The molecule has 0 unspecified atom stereocenters. The van der Waals surface area contributed by atoms with Crippen LogP contribution in [0.3, 0.4) is 0 Å². The lowest BCUT2D eigenvalue weighted by Gasteiger charge is -2.17. The van der Waals surface area contributed by atoms with Gasteiger partial charge in [0.05, 0.1) is 11.0 Å². The number of alkyl halides is 3. The first kappa shape index (κ1) is 15.6. The summed E-state index contributed by atoms with van der Waals surface area (Å²) >= 11 is 0. The second-order valence-corrected chi connectivity index (χ2v) is 5.98. The molecule has 5 heteroatoms. The molecule has 2 nitrogen and oxygen atoms in total. The largest absolute Gasteiger partial charge is 0.416 e. The van der Waals surface area contributed by atoms with Gasteiger partial charge in [-0.25, -0.2) is 0 Å². The van der Waals surface area contributed by atoms with Gasteiger partial charge in [0, 0.05) is 5.69 Å². The van der Waals surface area contributed by atoms with Gasteiger partial charge < -0.3 is 5.32 Å². The van der Waals surface area contributed by atoms with Crippen molar-refractivity contribution in [1.29, 1.82) is 0 Å². The number of halogens is 3. The van der Waals surface area contributed by atoms with Gasteiger partial charge >= 0.3 is 6.18 Å². The highest BCUT2D eigenvalue weighted by atomic mass is 19.4. The zero-order valence-corrected chi connectivity index (χ0v) is 12.6. The number of hydrogen-bond donors (Lipinski definition) is 1. The number of aryl methyl sites for hydroxylation is 1. The molecular weight excluding hydrogens is 303 g/mol. The smallest absolute Gasteiger partial charge is 0.325 e. The Morgan fingerprint density at radius 2 is 1.74 bits per heavy atom. The summed E-state index contributed by atoms with van der Waals surface area (Å²) in [6, 6.07) is 12.4. The van der Waals surface area contributed by atoms with Gasteiger partial charge in [-0.3, -0.25) is 4.79 Å². The van der Waals surface area contributed by atoms with Crippen LogP contribution in [0.5, 0.6) is 0 Å². The normalized spacial score (nSPS) is 16.0. The number of carbonyl (C=O) groups excluding carboxylic acids is 1. The molecule has 0 spiro atoms. The molecule has 23 heavy (non-hydrogen) atoms. The van der Waals surface area contributed by atoms with Crippen molar-refractivity contribution in [3.05, 3.63) is 65.2 Å². The van der Waals surface area contributed by atoms with Crippen LogP contribution in [0.1, 0.15) is 29.5 Å². The van der Waals surface area contributed by atoms with Crippen molar-refractivity contribution in [2.45, 2.75) is 31.4 Å². The van der Waals surface area contributed by atoms with Gasteiger partial charge in [0.2, 0.25) is 5.91 Å². The van der Waals surface area contributed by atoms with Crippen LogP contribution >= 0.6 is 0 Å². The highest BCUT2D eigenvalue weighted by Gasteiger charge is 2.51. The lowest BCUT2D eigenvalue weighted by molar-refractivity contribution is -0.137. The maximum Gasteiger partial charge on any atom is 0.416 e. The van der Waals surface area contributed by atoms with E-state index >= 15 is 0 Å². The molecule has 0 heterocycles. The molecule has 1 saturated carbocycles. The van der Waals surface area contributed by atoms with Gasteiger partial charge in [-0.05, 0) is 43.5 Å². The molecule has 1 fully saturated rings. The standard InChI is InChI=1S/C18H16F3NO/c1-12-5-7-13(8-6-12)17(9-10-17)16(23)22-15-4-2-3-14(11-15)18(19,20)21/h2-8,11H,9-10H2,1H3,(H,22,23). The Labute approximate surface area is 132 Å². The van der Waals surface area contributed by atoms with Gasteiger partial charge in [0.25, 0.3) is 0 Å². The van der Waals surface area contributed by atoms with Gasteiger partial charge in [0.15, 0.2) is 0 Å². The number of hydrogen-bond acceptors (Lipinski definition) is 1. The van der Waals surface area contributed by atoms with Gasteiger partial charge in [0.1, 0.15) is 0 Å². The summed E-state index contributed by atoms with van der Waals surface area (Å²) < 4.78 is 38.2. The molecule has 0 bridgehead atoms. The van der Waals surface area contributed by atoms with Crippen LogP contribution in [-0.2, 0) is 16.4 Å². The molecule has 1 aliphatic rings. The molecular formula is C18H16F3NO. The quantitative estimate of drug-likeness (QED) is 0.874. The predicted octanol–water partition coefficient (Wildman–Crippen LogP) is 4.68. The summed E-state index contributed by atoms with van der Waals surface area (Å²) in [6.45, 7) is 1.96. The third-order valence-corrected chi connectivity index (χ3v) is 4.24. The van der Waals surface area contributed by atoms with E-state index in [-0.39, 0.29) is 11.6 Å². The van der Waals surface area contributed by atoms with E-state index in [9.17, 15) is 18.0 Å². The van der Waals surface area contributed by atoms with E-state index in [1.807, 2.05) is 31.2 Å². The number of rotatable bonds is 3. The summed E-state index contributed by atoms with van der Waals surface area (Å²) in [4.78, 5) is 12.6. The number of benzene rings is 2. The summed E-state index contributed by atoms with van der Waals surface area (Å²) in [5.74, 6) is -0.249. The van der Waals surface area contributed by atoms with Crippen molar-refractivity contribution in [3.63, 3.8) is 0 Å². The zero-order chi connectivity index (χ0) is 16.7. The highest BCUT2D eigenvalue weighted by Crippen LogP contribution is 2.49. The van der Waals surface area contributed by atoms with Crippen molar-refractivity contribution in [2.75, 3.05) is 5.32 Å². The Morgan fingerprint density at radius 3 is 2.30 bits per heavy atom. The van der Waals surface area contributed by atoms with E-state index in [4.69, 9.17) is 0 Å². The van der Waals surface area contributed by atoms with E-state index in [0.717, 1.165) is 23.3 Å². The molecule has 0 aliphatic heterocycles. The van der Waals surface area contributed by atoms with E-state index in [1.54, 1.807) is 0 Å². The van der Waals surface area contributed by atoms with E-state index < -0.39 is 17.2 Å². The minimum atomic E-state index is -4.42. The average Bonchev–Trinajstić information content (AvgIpc) is 3.29. The van der Waals surface area contributed by atoms with Crippen LogP contribution < -0.4 is 5.32 Å². The van der Waals surface area contributed by atoms with Crippen LogP contribution in [0, 0.1) is 6.92 Å². The Bertz CT molecular complexity index is 731. The first-order valence-electron chi connectivity index (χ1n) is 7.37. The minimum absolute atomic E-state index is 0.170. The SMILES string of the molecule is Cc1ccc(C2(C(=O)Nc3cccc(C(F)(F)F)c3)CC2)cc1. The van der Waals surface area contributed by atoms with Crippen molar-refractivity contribution < 1.29 is 18.0 Å². The zero-order valence-electron chi connectivity index (χ0n) is 12.6. The third-order valence-electron chi connectivity index (χ3n) is 4.24.